The van der Waals surface area contributed by atoms with Crippen molar-refractivity contribution in [1.29, 1.82) is 5.26 Å². The summed E-state index contributed by atoms with van der Waals surface area (Å²) in [6.07, 6.45) is 1.94. The van der Waals surface area contributed by atoms with Gasteiger partial charge in [0.1, 0.15) is 11.6 Å². The van der Waals surface area contributed by atoms with E-state index in [1.54, 1.807) is 6.07 Å². The average molecular weight is 565 g/mol. The number of ether oxygens (including phenoxy) is 1. The molecule has 4 nitrogen and oxygen atoms in total. The van der Waals surface area contributed by atoms with Crippen LogP contribution in [0, 0.1) is 29.9 Å². The summed E-state index contributed by atoms with van der Waals surface area (Å²) < 4.78 is 35.4. The molecule has 2 heterocycles. The first kappa shape index (κ1) is 21.9. The third-order valence-corrected chi connectivity index (χ3v) is 7.06. The Bertz CT molecular complexity index is 1320. The van der Waals surface area contributed by atoms with Crippen molar-refractivity contribution < 1.29 is 13.5 Å². The Balaban J connectivity index is 1.90. The molecule has 0 saturated heterocycles. The normalized spacial score (nSPS) is 10.9. The van der Waals surface area contributed by atoms with Crippen LogP contribution in [0.2, 0.25) is 0 Å². The standard InChI is InChI=1S/C22H14F2IN3OS2/c1-13-10-17(16-6-8-28(31-25)22(16)27-13)18-12-15(30-9-7-26)3-5-20(18)29-21-4-2-14(23)11-19(21)24/h2-6,8,10-12H,9H2,1H3. The van der Waals surface area contributed by atoms with Crippen LogP contribution in [0.1, 0.15) is 5.69 Å². The van der Waals surface area contributed by atoms with Gasteiger partial charge in [0.2, 0.25) is 0 Å². The maximum Gasteiger partial charge on any atom is 0.168 e. The minimum atomic E-state index is -0.780. The van der Waals surface area contributed by atoms with Crippen LogP contribution in [0.5, 0.6) is 11.5 Å². The van der Waals surface area contributed by atoms with Gasteiger partial charge in [-0.15, -0.1) is 11.8 Å². The van der Waals surface area contributed by atoms with E-state index in [1.807, 2.05) is 41.4 Å². The number of nitriles is 1. The summed E-state index contributed by atoms with van der Waals surface area (Å²) in [5, 5.41) is 9.86. The zero-order chi connectivity index (χ0) is 22.0. The second kappa shape index (κ2) is 9.46. The summed E-state index contributed by atoms with van der Waals surface area (Å²) in [6, 6.07) is 14.7. The minimum Gasteiger partial charge on any atom is -0.454 e. The van der Waals surface area contributed by atoms with Crippen LogP contribution in [0.15, 0.2) is 59.6 Å². The fourth-order valence-electron chi connectivity index (χ4n) is 3.18. The van der Waals surface area contributed by atoms with E-state index >= 15 is 0 Å². The molecule has 2 aromatic carbocycles. The lowest BCUT2D eigenvalue weighted by Crippen LogP contribution is -1.95. The summed E-state index contributed by atoms with van der Waals surface area (Å²) in [6.45, 7) is 1.91. The Hall–Kier alpha value is -2.29. The molecule has 0 N–H and O–H groups in total. The van der Waals surface area contributed by atoms with Gasteiger partial charge in [-0.1, -0.05) is 0 Å². The lowest BCUT2D eigenvalue weighted by molar-refractivity contribution is 0.439. The number of aryl methyl sites for hydroxylation is 1. The van der Waals surface area contributed by atoms with Crippen molar-refractivity contribution in [2.75, 3.05) is 5.75 Å². The molecule has 9 heteroatoms. The molecule has 156 valence electrons. The molecule has 0 fully saturated rings. The predicted molar refractivity (Wildman–Crippen MR) is 130 cm³/mol. The van der Waals surface area contributed by atoms with Gasteiger partial charge in [-0.05, 0) is 55.0 Å². The molecule has 0 bridgehead atoms. The van der Waals surface area contributed by atoms with Gasteiger partial charge in [-0.2, -0.15) is 5.26 Å². The van der Waals surface area contributed by atoms with Crippen LogP contribution in [-0.4, -0.2) is 14.7 Å². The molecule has 0 aliphatic heterocycles. The van der Waals surface area contributed by atoms with Crippen molar-refractivity contribution in [3.05, 3.63) is 72.1 Å². The Labute approximate surface area is 198 Å². The molecule has 0 saturated carbocycles. The van der Waals surface area contributed by atoms with Crippen molar-refractivity contribution in [3.8, 4) is 28.7 Å². The minimum absolute atomic E-state index is 0.0671. The van der Waals surface area contributed by atoms with Gasteiger partial charge in [-0.25, -0.2) is 13.8 Å². The summed E-state index contributed by atoms with van der Waals surface area (Å²) in [5.41, 5.74) is 3.24. The maximum absolute atomic E-state index is 14.3. The number of pyridine rings is 1. The van der Waals surface area contributed by atoms with Gasteiger partial charge in [0.15, 0.2) is 17.2 Å². The van der Waals surface area contributed by atoms with Gasteiger partial charge < -0.3 is 4.74 Å². The predicted octanol–water partition coefficient (Wildman–Crippen LogP) is 7.54. The van der Waals surface area contributed by atoms with E-state index in [4.69, 9.17) is 10.00 Å². The Morgan fingerprint density at radius 2 is 1.90 bits per heavy atom. The smallest absolute Gasteiger partial charge is 0.168 e. The summed E-state index contributed by atoms with van der Waals surface area (Å²) in [7, 11) is 1.51. The number of halogens is 3. The Kier molecular flexibility index (Phi) is 6.69. The van der Waals surface area contributed by atoms with E-state index in [1.165, 1.54) is 26.9 Å². The first-order valence-corrected chi connectivity index (χ1v) is 13.3. The molecule has 2 aromatic heterocycles. The van der Waals surface area contributed by atoms with Crippen molar-refractivity contribution in [3.63, 3.8) is 0 Å². The largest absolute Gasteiger partial charge is 0.454 e. The number of thioether (sulfide) groups is 1. The monoisotopic (exact) mass is 565 g/mol. The Morgan fingerprint density at radius 3 is 2.65 bits per heavy atom. The molecule has 4 aromatic rings. The molecule has 0 spiro atoms. The van der Waals surface area contributed by atoms with Crippen LogP contribution in [0.3, 0.4) is 0 Å². The topological polar surface area (TPSA) is 50.8 Å². The summed E-state index contributed by atoms with van der Waals surface area (Å²) >= 11 is 3.60. The summed E-state index contributed by atoms with van der Waals surface area (Å²) in [4.78, 5) is 5.53. The van der Waals surface area contributed by atoms with Crippen LogP contribution in [-0.2, 0) is 0 Å². The second-order valence-corrected chi connectivity index (χ2v) is 9.30. The number of hydrogen-bond donors (Lipinski definition) is 0. The fourth-order valence-corrected chi connectivity index (χ4v) is 5.04. The quantitative estimate of drug-likeness (QED) is 0.179. The first-order chi connectivity index (χ1) is 15.0. The van der Waals surface area contributed by atoms with Crippen LogP contribution in [0.4, 0.5) is 8.78 Å². The van der Waals surface area contributed by atoms with Gasteiger partial charge in [0, 0.05) is 64.1 Å². The van der Waals surface area contributed by atoms with E-state index in [0.29, 0.717) is 11.5 Å². The van der Waals surface area contributed by atoms with E-state index in [9.17, 15) is 8.78 Å². The molecule has 31 heavy (non-hydrogen) atoms. The lowest BCUT2D eigenvalue weighted by Gasteiger charge is -2.15. The van der Waals surface area contributed by atoms with Gasteiger partial charge in [0.25, 0.3) is 0 Å². The highest BCUT2D eigenvalue weighted by Gasteiger charge is 2.17. The molecule has 0 unspecified atom stereocenters. The second-order valence-electron chi connectivity index (χ2n) is 6.54. The fraction of sp³-hybridized carbons (Fsp3) is 0.0909. The van der Waals surface area contributed by atoms with E-state index in [2.05, 4.69) is 32.3 Å². The molecule has 4 rings (SSSR count). The number of hydrogen-bond acceptors (Lipinski definition) is 5. The molecular formula is C22H14F2IN3OS2. The van der Waals surface area contributed by atoms with E-state index < -0.39 is 11.6 Å². The van der Waals surface area contributed by atoms with E-state index in [0.717, 1.165) is 44.9 Å². The molecule has 0 radical (unpaired) electrons. The molecule has 0 aliphatic rings. The Morgan fingerprint density at radius 1 is 1.10 bits per heavy atom. The van der Waals surface area contributed by atoms with Crippen molar-refractivity contribution in [2.45, 2.75) is 11.8 Å². The van der Waals surface area contributed by atoms with Crippen molar-refractivity contribution in [1.82, 2.24) is 8.96 Å². The molecule has 0 atom stereocenters. The van der Waals surface area contributed by atoms with E-state index in [-0.39, 0.29) is 5.75 Å². The van der Waals surface area contributed by atoms with Crippen molar-refractivity contribution in [2.24, 2.45) is 0 Å². The number of nitrogens with zero attached hydrogens (tertiary/aromatic N) is 3. The molecule has 0 amide bonds. The third-order valence-electron chi connectivity index (χ3n) is 4.48. The van der Waals surface area contributed by atoms with Gasteiger partial charge >= 0.3 is 0 Å². The van der Waals surface area contributed by atoms with Crippen molar-refractivity contribution >= 4 is 53.1 Å². The number of fused-ring (bicyclic) bond motifs is 1. The highest BCUT2D eigenvalue weighted by atomic mass is 127. The average Bonchev–Trinajstić information content (AvgIpc) is 3.17. The summed E-state index contributed by atoms with van der Waals surface area (Å²) in [5.74, 6) is -0.787. The third kappa shape index (κ3) is 4.66. The number of aromatic nitrogens is 2. The van der Waals surface area contributed by atoms with Crippen LogP contribution >= 0.6 is 42.1 Å². The first-order valence-electron chi connectivity index (χ1n) is 9.05. The zero-order valence-corrected chi connectivity index (χ0v) is 19.9. The van der Waals surface area contributed by atoms with Gasteiger partial charge in [-0.3, -0.25) is 3.97 Å². The van der Waals surface area contributed by atoms with Gasteiger partial charge in [0.05, 0.1) is 11.8 Å². The SMILES string of the molecule is Cc1cc(-c2cc(SCC#N)ccc2Oc2ccc(F)cc2F)c2ccn(SI)c2n1. The lowest BCUT2D eigenvalue weighted by atomic mass is 10.0. The maximum atomic E-state index is 14.3. The number of benzene rings is 2. The highest BCUT2D eigenvalue weighted by Crippen LogP contribution is 2.41. The van der Waals surface area contributed by atoms with Crippen LogP contribution < -0.4 is 4.74 Å². The highest BCUT2D eigenvalue weighted by molar-refractivity contribution is 14.2. The number of rotatable bonds is 6. The molecule has 0 aliphatic carbocycles. The van der Waals surface area contributed by atoms with Crippen LogP contribution in [0.25, 0.3) is 22.2 Å². The zero-order valence-electron chi connectivity index (χ0n) is 16.1. The molecular weight excluding hydrogens is 551 g/mol.